The van der Waals surface area contributed by atoms with E-state index in [-0.39, 0.29) is 17.0 Å². The molecule has 3 aliphatic rings. The van der Waals surface area contributed by atoms with Gasteiger partial charge in [-0.05, 0) is 32.1 Å². The second-order valence-electron chi connectivity index (χ2n) is 4.60. The van der Waals surface area contributed by atoms with Gasteiger partial charge in [0.25, 0.3) is 0 Å². The lowest BCUT2D eigenvalue weighted by molar-refractivity contribution is -0.204. The molecular weight excluding hydrogens is 180 g/mol. The SMILES string of the molecule is CCC12CCC(C(=O)OC)(CC1)CO2. The first-order chi connectivity index (χ1) is 6.66. The molecule has 3 fully saturated rings. The van der Waals surface area contributed by atoms with Crippen molar-refractivity contribution in [2.75, 3.05) is 13.7 Å². The fourth-order valence-electron chi connectivity index (χ4n) is 2.70. The Morgan fingerprint density at radius 3 is 2.36 bits per heavy atom. The van der Waals surface area contributed by atoms with E-state index in [4.69, 9.17) is 9.47 Å². The van der Waals surface area contributed by atoms with E-state index in [0.29, 0.717) is 6.61 Å². The monoisotopic (exact) mass is 198 g/mol. The zero-order chi connectivity index (χ0) is 10.2. The smallest absolute Gasteiger partial charge is 0.314 e. The van der Waals surface area contributed by atoms with Gasteiger partial charge in [-0.3, -0.25) is 4.79 Å². The van der Waals surface area contributed by atoms with E-state index in [1.54, 1.807) is 0 Å². The van der Waals surface area contributed by atoms with E-state index in [1.807, 2.05) is 0 Å². The van der Waals surface area contributed by atoms with Crippen molar-refractivity contribution in [3.8, 4) is 0 Å². The van der Waals surface area contributed by atoms with Crippen molar-refractivity contribution in [3.63, 3.8) is 0 Å². The fourth-order valence-corrected chi connectivity index (χ4v) is 2.70. The molecule has 80 valence electrons. The molecule has 0 amide bonds. The van der Waals surface area contributed by atoms with Crippen molar-refractivity contribution in [3.05, 3.63) is 0 Å². The number of hydrogen-bond acceptors (Lipinski definition) is 3. The van der Waals surface area contributed by atoms with Crippen LogP contribution in [-0.2, 0) is 14.3 Å². The minimum absolute atomic E-state index is 0.0791. The summed E-state index contributed by atoms with van der Waals surface area (Å²) >= 11 is 0. The summed E-state index contributed by atoms with van der Waals surface area (Å²) in [6.45, 7) is 2.73. The molecule has 3 rings (SSSR count). The second kappa shape index (κ2) is 3.23. The highest BCUT2D eigenvalue weighted by molar-refractivity contribution is 5.77. The topological polar surface area (TPSA) is 35.5 Å². The summed E-state index contributed by atoms with van der Waals surface area (Å²) < 4.78 is 10.7. The quantitative estimate of drug-likeness (QED) is 0.636. The van der Waals surface area contributed by atoms with Gasteiger partial charge in [0.15, 0.2) is 0 Å². The maximum atomic E-state index is 11.6. The third-order valence-electron chi connectivity index (χ3n) is 4.04. The van der Waals surface area contributed by atoms with Crippen LogP contribution in [0.3, 0.4) is 0 Å². The Morgan fingerprint density at radius 1 is 1.36 bits per heavy atom. The van der Waals surface area contributed by atoms with Crippen molar-refractivity contribution in [2.45, 2.75) is 44.6 Å². The number of fused-ring (bicyclic) bond motifs is 3. The summed E-state index contributed by atoms with van der Waals surface area (Å²) in [6, 6.07) is 0. The number of hydrogen-bond donors (Lipinski definition) is 0. The van der Waals surface area contributed by atoms with Gasteiger partial charge < -0.3 is 9.47 Å². The van der Waals surface area contributed by atoms with Gasteiger partial charge >= 0.3 is 5.97 Å². The largest absolute Gasteiger partial charge is 0.469 e. The van der Waals surface area contributed by atoms with Crippen molar-refractivity contribution < 1.29 is 14.3 Å². The average Bonchev–Trinajstić information content (AvgIpc) is 2.30. The van der Waals surface area contributed by atoms with Gasteiger partial charge in [-0.2, -0.15) is 0 Å². The summed E-state index contributed by atoms with van der Waals surface area (Å²) in [4.78, 5) is 11.6. The molecule has 0 aromatic heterocycles. The van der Waals surface area contributed by atoms with Crippen LogP contribution in [0.2, 0.25) is 0 Å². The molecule has 2 bridgehead atoms. The number of carbonyl (C=O) groups excluding carboxylic acids is 1. The van der Waals surface area contributed by atoms with Crippen LogP contribution in [0.25, 0.3) is 0 Å². The van der Waals surface area contributed by atoms with Gasteiger partial charge in [0.1, 0.15) is 0 Å². The molecule has 0 spiro atoms. The van der Waals surface area contributed by atoms with Crippen LogP contribution in [0, 0.1) is 5.41 Å². The lowest BCUT2D eigenvalue weighted by Gasteiger charge is -2.51. The minimum Gasteiger partial charge on any atom is -0.469 e. The fraction of sp³-hybridized carbons (Fsp3) is 0.909. The molecule has 1 saturated carbocycles. The molecule has 0 radical (unpaired) electrons. The highest BCUT2D eigenvalue weighted by atomic mass is 16.5. The average molecular weight is 198 g/mol. The molecule has 1 aliphatic carbocycles. The Kier molecular flexibility index (Phi) is 2.30. The highest BCUT2D eigenvalue weighted by Gasteiger charge is 2.53. The van der Waals surface area contributed by atoms with E-state index >= 15 is 0 Å². The molecule has 0 aromatic carbocycles. The van der Waals surface area contributed by atoms with E-state index < -0.39 is 0 Å². The first-order valence-corrected chi connectivity index (χ1v) is 5.39. The van der Waals surface area contributed by atoms with Crippen LogP contribution in [0.15, 0.2) is 0 Å². The van der Waals surface area contributed by atoms with Crippen LogP contribution >= 0.6 is 0 Å². The molecular formula is C11H18O3. The zero-order valence-corrected chi connectivity index (χ0v) is 8.97. The van der Waals surface area contributed by atoms with E-state index in [2.05, 4.69) is 6.92 Å². The predicted molar refractivity (Wildman–Crippen MR) is 51.9 cm³/mol. The van der Waals surface area contributed by atoms with Crippen molar-refractivity contribution in [1.82, 2.24) is 0 Å². The summed E-state index contributed by atoms with van der Waals surface area (Å²) in [6.07, 6.45) is 4.96. The van der Waals surface area contributed by atoms with Crippen molar-refractivity contribution in [2.24, 2.45) is 5.41 Å². The lowest BCUT2D eigenvalue weighted by atomic mass is 9.65. The van der Waals surface area contributed by atoms with Gasteiger partial charge in [0.2, 0.25) is 0 Å². The van der Waals surface area contributed by atoms with E-state index in [0.717, 1.165) is 32.1 Å². The maximum Gasteiger partial charge on any atom is 0.314 e. The Hall–Kier alpha value is -0.570. The molecule has 2 saturated heterocycles. The third-order valence-corrected chi connectivity index (χ3v) is 4.04. The Bertz CT molecular complexity index is 222. The van der Waals surface area contributed by atoms with Crippen molar-refractivity contribution >= 4 is 5.97 Å². The summed E-state index contributed by atoms with van der Waals surface area (Å²) in [5, 5.41) is 0. The molecule has 0 aromatic rings. The number of esters is 1. The molecule has 2 heterocycles. The molecule has 0 unspecified atom stereocenters. The number of rotatable bonds is 2. The first kappa shape index (κ1) is 9.97. The van der Waals surface area contributed by atoms with Crippen LogP contribution in [0.5, 0.6) is 0 Å². The van der Waals surface area contributed by atoms with E-state index in [1.165, 1.54) is 7.11 Å². The highest BCUT2D eigenvalue weighted by Crippen LogP contribution is 2.50. The second-order valence-corrected chi connectivity index (χ2v) is 4.60. The van der Waals surface area contributed by atoms with Gasteiger partial charge in [0.05, 0.1) is 24.7 Å². The normalized spacial score (nSPS) is 41.0. The van der Waals surface area contributed by atoms with Gasteiger partial charge in [-0.1, -0.05) is 6.92 Å². The van der Waals surface area contributed by atoms with Gasteiger partial charge in [-0.15, -0.1) is 0 Å². The Labute approximate surface area is 84.8 Å². The zero-order valence-electron chi connectivity index (χ0n) is 8.97. The van der Waals surface area contributed by atoms with Crippen LogP contribution in [-0.4, -0.2) is 25.3 Å². The van der Waals surface area contributed by atoms with E-state index in [9.17, 15) is 4.79 Å². The third kappa shape index (κ3) is 1.26. The maximum absolute atomic E-state index is 11.6. The van der Waals surface area contributed by atoms with Gasteiger partial charge in [-0.25, -0.2) is 0 Å². The predicted octanol–water partition coefficient (Wildman–Crippen LogP) is 1.90. The summed E-state index contributed by atoms with van der Waals surface area (Å²) in [5.41, 5.74) is -0.235. The first-order valence-electron chi connectivity index (χ1n) is 5.39. The Morgan fingerprint density at radius 2 is 2.00 bits per heavy atom. The summed E-state index contributed by atoms with van der Waals surface area (Å²) in [5.74, 6) is -0.0816. The number of methoxy groups -OCH3 is 1. The molecule has 2 aliphatic heterocycles. The number of ether oxygens (including phenoxy) is 2. The summed E-state index contributed by atoms with van der Waals surface area (Å²) in [7, 11) is 1.47. The standard InChI is InChI=1S/C11H18O3/c1-3-11-6-4-10(5-7-11,8-14-11)9(12)13-2/h3-8H2,1-2H3. The molecule has 3 nitrogen and oxygen atoms in total. The molecule has 0 atom stereocenters. The molecule has 14 heavy (non-hydrogen) atoms. The molecule has 0 N–H and O–H groups in total. The minimum atomic E-state index is -0.314. The van der Waals surface area contributed by atoms with Crippen LogP contribution < -0.4 is 0 Å². The molecule has 3 heteroatoms. The van der Waals surface area contributed by atoms with Crippen LogP contribution in [0.1, 0.15) is 39.0 Å². The van der Waals surface area contributed by atoms with Crippen LogP contribution in [0.4, 0.5) is 0 Å². The Balaban J connectivity index is 2.12. The number of carbonyl (C=O) groups is 1. The lowest BCUT2D eigenvalue weighted by Crippen LogP contribution is -2.54. The van der Waals surface area contributed by atoms with Crippen molar-refractivity contribution in [1.29, 1.82) is 0 Å². The van der Waals surface area contributed by atoms with Gasteiger partial charge in [0, 0.05) is 0 Å².